The van der Waals surface area contributed by atoms with E-state index >= 15 is 0 Å². The van der Waals surface area contributed by atoms with Gasteiger partial charge >= 0.3 is 6.18 Å². The topological polar surface area (TPSA) is 50.2 Å². The Bertz CT molecular complexity index is 987. The summed E-state index contributed by atoms with van der Waals surface area (Å²) in [5.41, 5.74) is 3.51. The third kappa shape index (κ3) is 6.42. The van der Waals surface area contributed by atoms with Gasteiger partial charge in [-0.3, -0.25) is 14.4 Å². The zero-order valence-electron chi connectivity index (χ0n) is 17.4. The van der Waals surface area contributed by atoms with Crippen LogP contribution in [0.4, 0.5) is 13.2 Å². The largest absolute Gasteiger partial charge is 0.401 e. The Morgan fingerprint density at radius 1 is 1.10 bits per heavy atom. The summed E-state index contributed by atoms with van der Waals surface area (Å²) in [5, 5.41) is 7.44. The molecule has 5 nitrogen and oxygen atoms in total. The summed E-state index contributed by atoms with van der Waals surface area (Å²) >= 11 is 0. The van der Waals surface area contributed by atoms with Gasteiger partial charge in [0.25, 0.3) is 0 Å². The van der Waals surface area contributed by atoms with Crippen LogP contribution in [0.1, 0.15) is 18.1 Å². The number of nitrogens with zero attached hydrogens (tertiary/aromatic N) is 3. The number of carbonyl (C=O) groups excluding carboxylic acids is 1. The summed E-state index contributed by atoms with van der Waals surface area (Å²) in [6.07, 6.45) is -2.50. The molecule has 31 heavy (non-hydrogen) atoms. The molecule has 0 saturated heterocycles. The van der Waals surface area contributed by atoms with Crippen molar-refractivity contribution < 1.29 is 18.0 Å². The van der Waals surface area contributed by atoms with Crippen molar-refractivity contribution in [1.82, 2.24) is 20.0 Å². The SMILES string of the molecule is C[C@@H](C(=O)NCc1cn(Cc2ccccc2)nc1-c1ccccc1)N(C)CC(F)(F)F. The number of halogens is 3. The van der Waals surface area contributed by atoms with E-state index in [1.165, 1.54) is 14.0 Å². The van der Waals surface area contributed by atoms with Crippen LogP contribution in [0.15, 0.2) is 66.9 Å². The molecule has 0 aliphatic rings. The molecule has 3 rings (SSSR count). The number of benzene rings is 2. The van der Waals surface area contributed by atoms with Crippen molar-refractivity contribution >= 4 is 5.91 Å². The highest BCUT2D eigenvalue weighted by molar-refractivity contribution is 5.81. The Balaban J connectivity index is 1.75. The van der Waals surface area contributed by atoms with Gasteiger partial charge in [0.15, 0.2) is 0 Å². The third-order valence-corrected chi connectivity index (χ3v) is 4.99. The van der Waals surface area contributed by atoms with E-state index < -0.39 is 24.7 Å². The number of amides is 1. The number of hydrogen-bond acceptors (Lipinski definition) is 3. The maximum atomic E-state index is 12.6. The van der Waals surface area contributed by atoms with Gasteiger partial charge in [0.1, 0.15) is 0 Å². The molecule has 1 atom stereocenters. The van der Waals surface area contributed by atoms with Crippen LogP contribution in [0, 0.1) is 0 Å². The van der Waals surface area contributed by atoms with Gasteiger partial charge in [-0.05, 0) is 19.5 Å². The van der Waals surface area contributed by atoms with Gasteiger partial charge in [-0.15, -0.1) is 0 Å². The van der Waals surface area contributed by atoms with Crippen LogP contribution in [0.25, 0.3) is 11.3 Å². The van der Waals surface area contributed by atoms with E-state index in [-0.39, 0.29) is 6.54 Å². The summed E-state index contributed by atoms with van der Waals surface area (Å²) in [5.74, 6) is -0.471. The molecule has 8 heteroatoms. The van der Waals surface area contributed by atoms with Crippen molar-refractivity contribution in [1.29, 1.82) is 0 Å². The predicted octanol–water partition coefficient (Wildman–Crippen LogP) is 4.10. The molecule has 0 aliphatic heterocycles. The second kappa shape index (κ2) is 9.78. The van der Waals surface area contributed by atoms with E-state index in [1.807, 2.05) is 66.9 Å². The summed E-state index contributed by atoms with van der Waals surface area (Å²) in [7, 11) is 1.28. The molecule has 1 N–H and O–H groups in total. The lowest BCUT2D eigenvalue weighted by atomic mass is 10.1. The van der Waals surface area contributed by atoms with Crippen molar-refractivity contribution in [3.8, 4) is 11.3 Å². The molecule has 0 unspecified atom stereocenters. The van der Waals surface area contributed by atoms with E-state index in [0.717, 1.165) is 27.3 Å². The Hall–Kier alpha value is -3.13. The van der Waals surface area contributed by atoms with Crippen LogP contribution in [0.5, 0.6) is 0 Å². The molecular formula is C23H25F3N4O. The first-order chi connectivity index (χ1) is 14.7. The standard InChI is InChI=1S/C23H25F3N4O/c1-17(29(2)16-23(24,25)26)22(31)27-13-20-15-30(14-18-9-5-3-6-10-18)28-21(20)19-11-7-4-8-12-19/h3-12,15,17H,13-14,16H2,1-2H3,(H,27,31)/t17-/m0/s1. The second-order valence-electron chi connectivity index (χ2n) is 7.48. The average Bonchev–Trinajstić information content (AvgIpc) is 3.14. The highest BCUT2D eigenvalue weighted by Gasteiger charge is 2.32. The number of likely N-dealkylation sites (N-methyl/N-ethyl adjacent to an activating group) is 1. The maximum Gasteiger partial charge on any atom is 0.401 e. The second-order valence-corrected chi connectivity index (χ2v) is 7.48. The van der Waals surface area contributed by atoms with E-state index in [2.05, 4.69) is 10.4 Å². The maximum absolute atomic E-state index is 12.6. The molecule has 0 saturated carbocycles. The minimum absolute atomic E-state index is 0.169. The summed E-state index contributed by atoms with van der Waals surface area (Å²) in [6, 6.07) is 18.5. The highest BCUT2D eigenvalue weighted by Crippen LogP contribution is 2.23. The zero-order valence-corrected chi connectivity index (χ0v) is 17.4. The van der Waals surface area contributed by atoms with Gasteiger partial charge in [0, 0.05) is 23.9 Å². The molecule has 0 radical (unpaired) electrons. The fraction of sp³-hybridized carbons (Fsp3) is 0.304. The van der Waals surface area contributed by atoms with Crippen LogP contribution >= 0.6 is 0 Å². The van der Waals surface area contributed by atoms with Crippen molar-refractivity contribution in [3.05, 3.63) is 78.0 Å². The van der Waals surface area contributed by atoms with Crippen LogP contribution in [0.3, 0.4) is 0 Å². The van der Waals surface area contributed by atoms with E-state index in [1.54, 1.807) is 4.68 Å². The van der Waals surface area contributed by atoms with Crippen LogP contribution in [-0.4, -0.2) is 46.4 Å². The molecule has 3 aromatic rings. The summed E-state index contributed by atoms with van der Waals surface area (Å²) in [6.45, 7) is 1.05. The number of alkyl halides is 3. The molecule has 0 fully saturated rings. The Labute approximate surface area is 179 Å². The minimum Gasteiger partial charge on any atom is -0.351 e. The zero-order chi connectivity index (χ0) is 22.4. The fourth-order valence-electron chi connectivity index (χ4n) is 3.23. The van der Waals surface area contributed by atoms with Crippen molar-refractivity contribution in [2.75, 3.05) is 13.6 Å². The smallest absolute Gasteiger partial charge is 0.351 e. The van der Waals surface area contributed by atoms with Crippen molar-refractivity contribution in [2.24, 2.45) is 0 Å². The monoisotopic (exact) mass is 430 g/mol. The summed E-state index contributed by atoms with van der Waals surface area (Å²) < 4.78 is 39.7. The van der Waals surface area contributed by atoms with Crippen LogP contribution < -0.4 is 5.32 Å². The first-order valence-corrected chi connectivity index (χ1v) is 9.93. The Morgan fingerprint density at radius 3 is 2.32 bits per heavy atom. The number of aromatic nitrogens is 2. The molecule has 164 valence electrons. The lowest BCUT2D eigenvalue weighted by molar-refractivity contribution is -0.151. The van der Waals surface area contributed by atoms with E-state index in [9.17, 15) is 18.0 Å². The molecular weight excluding hydrogens is 405 g/mol. The molecule has 1 heterocycles. The first kappa shape index (κ1) is 22.6. The fourth-order valence-corrected chi connectivity index (χ4v) is 3.23. The van der Waals surface area contributed by atoms with Gasteiger partial charge in [-0.2, -0.15) is 18.3 Å². The molecule has 0 spiro atoms. The van der Waals surface area contributed by atoms with Crippen molar-refractivity contribution in [2.45, 2.75) is 32.2 Å². The normalized spacial score (nSPS) is 12.7. The Morgan fingerprint density at radius 2 is 1.71 bits per heavy atom. The first-order valence-electron chi connectivity index (χ1n) is 9.93. The quantitative estimate of drug-likeness (QED) is 0.586. The van der Waals surface area contributed by atoms with Gasteiger partial charge in [0.2, 0.25) is 5.91 Å². The molecule has 2 aromatic carbocycles. The molecule has 0 aliphatic carbocycles. The number of hydrogen-bond donors (Lipinski definition) is 1. The third-order valence-electron chi connectivity index (χ3n) is 4.99. The average molecular weight is 430 g/mol. The molecule has 1 amide bonds. The molecule has 1 aromatic heterocycles. The van der Waals surface area contributed by atoms with Crippen LogP contribution in [0.2, 0.25) is 0 Å². The minimum atomic E-state index is -4.36. The van der Waals surface area contributed by atoms with E-state index in [0.29, 0.717) is 6.54 Å². The molecule has 0 bridgehead atoms. The number of carbonyl (C=O) groups is 1. The lowest BCUT2D eigenvalue weighted by Crippen LogP contribution is -2.46. The van der Waals surface area contributed by atoms with Crippen LogP contribution in [-0.2, 0) is 17.9 Å². The lowest BCUT2D eigenvalue weighted by Gasteiger charge is -2.24. The van der Waals surface area contributed by atoms with Gasteiger partial charge < -0.3 is 5.32 Å². The van der Waals surface area contributed by atoms with Crippen molar-refractivity contribution in [3.63, 3.8) is 0 Å². The number of nitrogens with one attached hydrogen (secondary N) is 1. The van der Waals surface area contributed by atoms with Gasteiger partial charge in [-0.25, -0.2) is 0 Å². The van der Waals surface area contributed by atoms with Gasteiger partial charge in [-0.1, -0.05) is 60.7 Å². The van der Waals surface area contributed by atoms with Gasteiger partial charge in [0.05, 0.1) is 24.8 Å². The highest BCUT2D eigenvalue weighted by atomic mass is 19.4. The summed E-state index contributed by atoms with van der Waals surface area (Å²) in [4.78, 5) is 13.4. The van der Waals surface area contributed by atoms with E-state index in [4.69, 9.17) is 0 Å². The Kier molecular flexibility index (Phi) is 7.12. The predicted molar refractivity (Wildman–Crippen MR) is 113 cm³/mol. The number of rotatable bonds is 8.